The number of carbonyl (C=O) groups excluding carboxylic acids is 2. The minimum Gasteiger partial charge on any atom is -0.467 e. The summed E-state index contributed by atoms with van der Waals surface area (Å²) in [6.07, 6.45) is 1.22. The van der Waals surface area contributed by atoms with E-state index < -0.39 is 12.0 Å². The van der Waals surface area contributed by atoms with Crippen LogP contribution in [0.15, 0.2) is 0 Å². The van der Waals surface area contributed by atoms with E-state index in [-0.39, 0.29) is 5.91 Å². The van der Waals surface area contributed by atoms with Gasteiger partial charge in [0.15, 0.2) is 0 Å². The predicted molar refractivity (Wildman–Crippen MR) is 67.9 cm³/mol. The molecule has 98 valence electrons. The highest BCUT2D eigenvalue weighted by Crippen LogP contribution is 2.22. The first-order valence-corrected chi connectivity index (χ1v) is 6.92. The van der Waals surface area contributed by atoms with E-state index in [1.165, 1.54) is 32.0 Å². The van der Waals surface area contributed by atoms with E-state index in [0.29, 0.717) is 12.5 Å². The van der Waals surface area contributed by atoms with Crippen molar-refractivity contribution in [3.63, 3.8) is 0 Å². The lowest BCUT2D eigenvalue weighted by Gasteiger charge is -2.17. The summed E-state index contributed by atoms with van der Waals surface area (Å²) in [5.74, 6) is 2.44. The van der Waals surface area contributed by atoms with E-state index in [9.17, 15) is 9.59 Å². The van der Waals surface area contributed by atoms with Crippen LogP contribution in [0.1, 0.15) is 13.3 Å². The Morgan fingerprint density at radius 1 is 1.53 bits per heavy atom. The zero-order valence-electron chi connectivity index (χ0n) is 10.3. The van der Waals surface area contributed by atoms with Crippen LogP contribution in [0.3, 0.4) is 0 Å². The molecule has 5 nitrogen and oxygen atoms in total. The maximum Gasteiger partial charge on any atom is 0.329 e. The molecule has 2 unspecified atom stereocenters. The van der Waals surface area contributed by atoms with E-state index in [2.05, 4.69) is 15.4 Å². The molecule has 1 fully saturated rings. The van der Waals surface area contributed by atoms with Gasteiger partial charge in [-0.1, -0.05) is 0 Å². The molecule has 1 aliphatic rings. The average Bonchev–Trinajstić information content (AvgIpc) is 2.79. The third-order valence-corrected chi connectivity index (χ3v) is 3.90. The second-order valence-corrected chi connectivity index (χ2v) is 5.31. The monoisotopic (exact) mass is 260 g/mol. The Bertz CT molecular complexity index is 267. The van der Waals surface area contributed by atoms with Gasteiger partial charge in [-0.2, -0.15) is 11.8 Å². The fraction of sp³-hybridized carbons (Fsp3) is 0.818. The SMILES string of the molecule is COC(=O)C(CNCC1CCSC1)NC(C)=O. The van der Waals surface area contributed by atoms with Gasteiger partial charge in [-0.3, -0.25) is 4.79 Å². The molecule has 0 aromatic carbocycles. The van der Waals surface area contributed by atoms with Crippen molar-refractivity contribution in [2.45, 2.75) is 19.4 Å². The van der Waals surface area contributed by atoms with E-state index in [1.54, 1.807) is 0 Å². The van der Waals surface area contributed by atoms with Crippen LogP contribution in [0.25, 0.3) is 0 Å². The Morgan fingerprint density at radius 3 is 2.82 bits per heavy atom. The molecular weight excluding hydrogens is 240 g/mol. The summed E-state index contributed by atoms with van der Waals surface area (Å²) in [6.45, 7) is 2.71. The van der Waals surface area contributed by atoms with E-state index in [0.717, 1.165) is 6.54 Å². The van der Waals surface area contributed by atoms with Gasteiger partial charge in [-0.25, -0.2) is 4.79 Å². The molecule has 0 aromatic heterocycles. The Kier molecular flexibility index (Phi) is 6.36. The molecule has 0 bridgehead atoms. The van der Waals surface area contributed by atoms with Gasteiger partial charge >= 0.3 is 5.97 Å². The highest BCUT2D eigenvalue weighted by Gasteiger charge is 2.21. The van der Waals surface area contributed by atoms with Crippen LogP contribution in [0.4, 0.5) is 0 Å². The van der Waals surface area contributed by atoms with Crippen molar-refractivity contribution in [2.24, 2.45) is 5.92 Å². The van der Waals surface area contributed by atoms with Gasteiger partial charge < -0.3 is 15.4 Å². The molecule has 0 aliphatic carbocycles. The van der Waals surface area contributed by atoms with Gasteiger partial charge in [0, 0.05) is 13.5 Å². The molecule has 2 atom stereocenters. The summed E-state index contributed by atoms with van der Waals surface area (Å²) in [6, 6.07) is -0.591. The Morgan fingerprint density at radius 2 is 2.29 bits per heavy atom. The van der Waals surface area contributed by atoms with Crippen molar-refractivity contribution in [3.05, 3.63) is 0 Å². The highest BCUT2D eigenvalue weighted by atomic mass is 32.2. The van der Waals surface area contributed by atoms with Crippen LogP contribution in [0.5, 0.6) is 0 Å². The third kappa shape index (κ3) is 5.41. The van der Waals surface area contributed by atoms with Crippen LogP contribution in [0, 0.1) is 5.92 Å². The summed E-state index contributed by atoms with van der Waals surface area (Å²) in [4.78, 5) is 22.3. The predicted octanol–water partition coefficient (Wildman–Crippen LogP) is 0.00680. The Labute approximate surface area is 106 Å². The van der Waals surface area contributed by atoms with Gasteiger partial charge in [0.2, 0.25) is 5.91 Å². The number of esters is 1. The van der Waals surface area contributed by atoms with E-state index in [4.69, 9.17) is 0 Å². The number of hydrogen-bond acceptors (Lipinski definition) is 5. The lowest BCUT2D eigenvalue weighted by molar-refractivity contribution is -0.144. The second-order valence-electron chi connectivity index (χ2n) is 4.16. The maximum atomic E-state index is 11.4. The first-order valence-electron chi connectivity index (χ1n) is 5.77. The van der Waals surface area contributed by atoms with Crippen LogP contribution < -0.4 is 10.6 Å². The second kappa shape index (κ2) is 7.55. The van der Waals surface area contributed by atoms with Gasteiger partial charge in [-0.05, 0) is 30.4 Å². The van der Waals surface area contributed by atoms with Crippen molar-refractivity contribution in [3.8, 4) is 0 Å². The summed E-state index contributed by atoms with van der Waals surface area (Å²) < 4.78 is 4.64. The topological polar surface area (TPSA) is 67.4 Å². The minimum absolute atomic E-state index is 0.223. The number of amides is 1. The molecule has 1 saturated heterocycles. The van der Waals surface area contributed by atoms with E-state index >= 15 is 0 Å². The van der Waals surface area contributed by atoms with Crippen LogP contribution in [-0.4, -0.2) is 49.6 Å². The number of methoxy groups -OCH3 is 1. The highest BCUT2D eigenvalue weighted by molar-refractivity contribution is 7.99. The standard InChI is InChI=1S/C11H20N2O3S/c1-8(14)13-10(11(15)16-2)6-12-5-9-3-4-17-7-9/h9-10,12H,3-7H2,1-2H3,(H,13,14). The maximum absolute atomic E-state index is 11.4. The molecule has 0 spiro atoms. The molecule has 1 aliphatic heterocycles. The number of carbonyl (C=O) groups is 2. The molecular formula is C11H20N2O3S. The number of hydrogen-bond donors (Lipinski definition) is 2. The largest absolute Gasteiger partial charge is 0.467 e. The van der Waals surface area contributed by atoms with Crippen LogP contribution in [-0.2, 0) is 14.3 Å². The van der Waals surface area contributed by atoms with Gasteiger partial charge in [0.25, 0.3) is 0 Å². The molecule has 1 rings (SSSR count). The molecule has 0 radical (unpaired) electrons. The molecule has 0 saturated carbocycles. The number of thioether (sulfide) groups is 1. The Balaban J connectivity index is 2.27. The lowest BCUT2D eigenvalue weighted by Crippen LogP contribution is -2.47. The van der Waals surface area contributed by atoms with Crippen molar-refractivity contribution in [2.75, 3.05) is 31.7 Å². The van der Waals surface area contributed by atoms with Crippen LogP contribution in [0.2, 0.25) is 0 Å². The van der Waals surface area contributed by atoms with Gasteiger partial charge in [0.1, 0.15) is 6.04 Å². The van der Waals surface area contributed by atoms with Crippen molar-refractivity contribution < 1.29 is 14.3 Å². The molecule has 0 aromatic rings. The minimum atomic E-state index is -0.591. The van der Waals surface area contributed by atoms with Gasteiger partial charge in [-0.15, -0.1) is 0 Å². The number of rotatable bonds is 6. The lowest BCUT2D eigenvalue weighted by atomic mass is 10.1. The van der Waals surface area contributed by atoms with Gasteiger partial charge in [0.05, 0.1) is 7.11 Å². The fourth-order valence-corrected chi connectivity index (χ4v) is 3.04. The fourth-order valence-electron chi connectivity index (χ4n) is 1.76. The van der Waals surface area contributed by atoms with Crippen LogP contribution >= 0.6 is 11.8 Å². The number of nitrogens with one attached hydrogen (secondary N) is 2. The summed E-state index contributed by atoms with van der Waals surface area (Å²) in [7, 11) is 1.32. The first-order chi connectivity index (χ1) is 8.13. The molecule has 1 heterocycles. The molecule has 2 N–H and O–H groups in total. The summed E-state index contributed by atoms with van der Waals surface area (Å²) in [5.41, 5.74) is 0. The number of ether oxygens (including phenoxy) is 1. The summed E-state index contributed by atoms with van der Waals surface area (Å²) >= 11 is 1.96. The quantitative estimate of drug-likeness (QED) is 0.658. The van der Waals surface area contributed by atoms with E-state index in [1.807, 2.05) is 11.8 Å². The van der Waals surface area contributed by atoms with Crippen molar-refractivity contribution >= 4 is 23.6 Å². The molecule has 17 heavy (non-hydrogen) atoms. The zero-order chi connectivity index (χ0) is 12.7. The zero-order valence-corrected chi connectivity index (χ0v) is 11.1. The molecule has 6 heteroatoms. The smallest absolute Gasteiger partial charge is 0.329 e. The average molecular weight is 260 g/mol. The van der Waals surface area contributed by atoms with Crippen molar-refractivity contribution in [1.82, 2.24) is 10.6 Å². The third-order valence-electron chi connectivity index (χ3n) is 2.67. The van der Waals surface area contributed by atoms with Crippen molar-refractivity contribution in [1.29, 1.82) is 0 Å². The summed E-state index contributed by atoms with van der Waals surface area (Å²) in [5, 5.41) is 5.79. The first kappa shape index (κ1) is 14.3. The normalized spacial score (nSPS) is 20.9. The molecule has 1 amide bonds. The Hall–Kier alpha value is -0.750.